The number of rotatable bonds is 8. The highest BCUT2D eigenvalue weighted by Crippen LogP contribution is 2.28. The number of ether oxygens (including phenoxy) is 2. The van der Waals surface area contributed by atoms with Gasteiger partial charge in [-0.1, -0.05) is 54.6 Å². The fraction of sp³-hybridized carbons (Fsp3) is 0.190. The molecule has 0 aliphatic heterocycles. The number of nitrogens with one attached hydrogen (secondary N) is 1. The Morgan fingerprint density at radius 3 is 2.56 bits per heavy atom. The van der Waals surface area contributed by atoms with Crippen LogP contribution >= 0.6 is 0 Å². The number of hydrogen-bond acceptors (Lipinski definition) is 3. The maximum atomic E-state index is 11.7. The lowest BCUT2D eigenvalue weighted by atomic mass is 10.2. The number of carbonyl (C=O) groups is 1. The lowest BCUT2D eigenvalue weighted by molar-refractivity contribution is -0.116. The van der Waals surface area contributed by atoms with Gasteiger partial charge < -0.3 is 14.8 Å². The van der Waals surface area contributed by atoms with Crippen molar-refractivity contribution in [2.24, 2.45) is 0 Å². The second kappa shape index (κ2) is 9.98. The number of benzene rings is 2. The molecular weight excluding hydrogens is 314 g/mol. The first-order valence-electron chi connectivity index (χ1n) is 8.13. The molecule has 0 bridgehead atoms. The van der Waals surface area contributed by atoms with Crippen molar-refractivity contribution < 1.29 is 14.3 Å². The first-order chi connectivity index (χ1) is 12.2. The van der Waals surface area contributed by atoms with Crippen LogP contribution < -0.4 is 14.8 Å². The highest BCUT2D eigenvalue weighted by molar-refractivity contribution is 5.87. The molecule has 130 valence electrons. The Hall–Kier alpha value is -3.01. The molecule has 0 aliphatic carbocycles. The topological polar surface area (TPSA) is 47.6 Å². The van der Waals surface area contributed by atoms with Crippen molar-refractivity contribution in [3.63, 3.8) is 0 Å². The molecule has 25 heavy (non-hydrogen) atoms. The number of hydrogen-bond donors (Lipinski definition) is 1. The molecule has 0 spiro atoms. The predicted molar refractivity (Wildman–Crippen MR) is 99.6 cm³/mol. The summed E-state index contributed by atoms with van der Waals surface area (Å²) >= 11 is 0. The molecule has 1 N–H and O–H groups in total. The summed E-state index contributed by atoms with van der Waals surface area (Å²) in [4.78, 5) is 11.7. The van der Waals surface area contributed by atoms with E-state index in [0.717, 1.165) is 11.1 Å². The maximum Gasteiger partial charge on any atom is 0.244 e. The molecule has 0 saturated heterocycles. The van der Waals surface area contributed by atoms with Crippen molar-refractivity contribution in [2.75, 3.05) is 7.11 Å². The second-order valence-corrected chi connectivity index (χ2v) is 5.36. The molecule has 4 nitrogen and oxygen atoms in total. The molecule has 0 saturated carbocycles. The van der Waals surface area contributed by atoms with Crippen LogP contribution in [0, 0.1) is 0 Å². The van der Waals surface area contributed by atoms with Gasteiger partial charge in [0.1, 0.15) is 6.61 Å². The molecule has 0 unspecified atom stereocenters. The van der Waals surface area contributed by atoms with Crippen LogP contribution in [0.1, 0.15) is 18.1 Å². The lowest BCUT2D eigenvalue weighted by Gasteiger charge is -2.12. The Balaban J connectivity index is 1.95. The van der Waals surface area contributed by atoms with Crippen LogP contribution in [0.3, 0.4) is 0 Å². The number of methoxy groups -OCH3 is 1. The van der Waals surface area contributed by atoms with Gasteiger partial charge in [-0.15, -0.1) is 0 Å². The number of amides is 1. The van der Waals surface area contributed by atoms with E-state index in [-0.39, 0.29) is 5.91 Å². The zero-order valence-electron chi connectivity index (χ0n) is 14.6. The van der Waals surface area contributed by atoms with Crippen molar-refractivity contribution in [3.05, 3.63) is 84.0 Å². The summed E-state index contributed by atoms with van der Waals surface area (Å²) in [5.41, 5.74) is 2.03. The average molecular weight is 337 g/mol. The molecule has 0 aliphatic rings. The Morgan fingerprint density at radius 1 is 1.04 bits per heavy atom. The number of carbonyl (C=O) groups excluding carboxylic acids is 1. The molecule has 1 amide bonds. The van der Waals surface area contributed by atoms with Gasteiger partial charge in [-0.05, 0) is 30.2 Å². The standard InChI is InChI=1S/C21H23NO3/c1-3-4-6-11-21(23)22-15-18-12-13-19(20(14-18)24-2)25-16-17-9-7-5-8-10-17/h3-14H,15-16H2,1-2H3,(H,22,23). The minimum Gasteiger partial charge on any atom is -0.493 e. The van der Waals surface area contributed by atoms with E-state index in [4.69, 9.17) is 9.47 Å². The van der Waals surface area contributed by atoms with Gasteiger partial charge >= 0.3 is 0 Å². The molecule has 2 aromatic rings. The van der Waals surface area contributed by atoms with E-state index >= 15 is 0 Å². The van der Waals surface area contributed by atoms with Gasteiger partial charge in [-0.3, -0.25) is 4.79 Å². The van der Waals surface area contributed by atoms with E-state index in [0.29, 0.717) is 24.7 Å². The normalized spacial score (nSPS) is 11.0. The third-order valence-corrected chi connectivity index (χ3v) is 3.48. The highest BCUT2D eigenvalue weighted by Gasteiger charge is 2.07. The third-order valence-electron chi connectivity index (χ3n) is 3.48. The average Bonchev–Trinajstić information content (AvgIpc) is 2.66. The summed E-state index contributed by atoms with van der Waals surface area (Å²) in [5.74, 6) is 1.18. The fourth-order valence-corrected chi connectivity index (χ4v) is 2.18. The molecule has 2 rings (SSSR count). The van der Waals surface area contributed by atoms with E-state index in [2.05, 4.69) is 5.32 Å². The van der Waals surface area contributed by atoms with Crippen molar-refractivity contribution in [1.29, 1.82) is 0 Å². The van der Waals surface area contributed by atoms with Crippen LogP contribution in [0.15, 0.2) is 72.8 Å². The molecule has 0 atom stereocenters. The highest BCUT2D eigenvalue weighted by atomic mass is 16.5. The first-order valence-corrected chi connectivity index (χ1v) is 8.13. The van der Waals surface area contributed by atoms with Crippen LogP contribution in [0.4, 0.5) is 0 Å². The van der Waals surface area contributed by atoms with Gasteiger partial charge in [0.15, 0.2) is 11.5 Å². The summed E-state index contributed by atoms with van der Waals surface area (Å²) in [6, 6.07) is 15.6. The Labute approximate surface area is 148 Å². The zero-order chi connectivity index (χ0) is 17.9. The van der Waals surface area contributed by atoms with E-state index < -0.39 is 0 Å². The van der Waals surface area contributed by atoms with Crippen LogP contribution in [0.5, 0.6) is 11.5 Å². The van der Waals surface area contributed by atoms with Gasteiger partial charge in [0.05, 0.1) is 7.11 Å². The summed E-state index contributed by atoms with van der Waals surface area (Å²) in [6.07, 6.45) is 6.87. The van der Waals surface area contributed by atoms with Crippen LogP contribution in [-0.4, -0.2) is 13.0 Å². The molecule has 0 aromatic heterocycles. The predicted octanol–water partition coefficient (Wildman–Crippen LogP) is 4.02. The van der Waals surface area contributed by atoms with E-state index in [9.17, 15) is 4.79 Å². The Kier molecular flexibility index (Phi) is 7.32. The maximum absolute atomic E-state index is 11.7. The van der Waals surface area contributed by atoms with Crippen LogP contribution in [-0.2, 0) is 17.9 Å². The molecular formula is C21H23NO3. The number of allylic oxidation sites excluding steroid dienone is 3. The second-order valence-electron chi connectivity index (χ2n) is 5.36. The molecule has 2 aromatic carbocycles. The van der Waals surface area contributed by atoms with Gasteiger partial charge in [-0.25, -0.2) is 0 Å². The SMILES string of the molecule is CC=CC=CC(=O)NCc1ccc(OCc2ccccc2)c(OC)c1. The summed E-state index contributed by atoms with van der Waals surface area (Å²) in [7, 11) is 1.60. The molecule has 0 fully saturated rings. The summed E-state index contributed by atoms with van der Waals surface area (Å²) in [5, 5.41) is 2.83. The van der Waals surface area contributed by atoms with E-state index in [1.807, 2.05) is 67.6 Å². The van der Waals surface area contributed by atoms with Crippen molar-refractivity contribution in [3.8, 4) is 11.5 Å². The first kappa shape index (κ1) is 18.3. The Morgan fingerprint density at radius 2 is 1.84 bits per heavy atom. The molecule has 0 radical (unpaired) electrons. The van der Waals surface area contributed by atoms with Gasteiger partial charge in [0, 0.05) is 12.6 Å². The van der Waals surface area contributed by atoms with Crippen molar-refractivity contribution in [1.82, 2.24) is 5.32 Å². The smallest absolute Gasteiger partial charge is 0.244 e. The summed E-state index contributed by atoms with van der Waals surface area (Å²) < 4.78 is 11.2. The zero-order valence-corrected chi connectivity index (χ0v) is 14.6. The van der Waals surface area contributed by atoms with E-state index in [1.54, 1.807) is 13.2 Å². The Bertz CT molecular complexity index is 736. The minimum absolute atomic E-state index is 0.138. The van der Waals surface area contributed by atoms with Gasteiger partial charge in [-0.2, -0.15) is 0 Å². The fourth-order valence-electron chi connectivity index (χ4n) is 2.18. The van der Waals surface area contributed by atoms with Crippen LogP contribution in [0.25, 0.3) is 0 Å². The monoisotopic (exact) mass is 337 g/mol. The van der Waals surface area contributed by atoms with E-state index in [1.165, 1.54) is 6.08 Å². The summed E-state index contributed by atoms with van der Waals surface area (Å²) in [6.45, 7) is 2.80. The minimum atomic E-state index is -0.138. The molecule has 4 heteroatoms. The molecule has 0 heterocycles. The van der Waals surface area contributed by atoms with Crippen molar-refractivity contribution in [2.45, 2.75) is 20.1 Å². The third kappa shape index (κ3) is 6.18. The van der Waals surface area contributed by atoms with Crippen LogP contribution in [0.2, 0.25) is 0 Å². The van der Waals surface area contributed by atoms with Gasteiger partial charge in [0.2, 0.25) is 5.91 Å². The van der Waals surface area contributed by atoms with Crippen molar-refractivity contribution >= 4 is 5.91 Å². The lowest BCUT2D eigenvalue weighted by Crippen LogP contribution is -2.20. The van der Waals surface area contributed by atoms with Gasteiger partial charge in [0.25, 0.3) is 0 Å². The largest absolute Gasteiger partial charge is 0.493 e. The quantitative estimate of drug-likeness (QED) is 0.584.